The fraction of sp³-hybridized carbons (Fsp3) is 0.929. The minimum atomic E-state index is -1.61. The van der Waals surface area contributed by atoms with Gasteiger partial charge in [-0.2, -0.15) is 0 Å². The number of unbranched alkanes of at least 4 members (excludes halogenated alkanes) is 6. The van der Waals surface area contributed by atoms with Gasteiger partial charge in [0.05, 0.1) is 30.3 Å². The first-order valence-electron chi connectivity index (χ1n) is 22.4. The molecule has 3 rings (SSSR count). The van der Waals surface area contributed by atoms with Crippen LogP contribution in [0.15, 0.2) is 0 Å². The Morgan fingerprint density at radius 1 is 0.492 bits per heavy atom. The molecule has 0 saturated carbocycles. The van der Waals surface area contributed by atoms with Crippen LogP contribution in [-0.2, 0) is 61.8 Å². The van der Waals surface area contributed by atoms with Gasteiger partial charge in [-0.25, -0.2) is 0 Å². The van der Waals surface area contributed by atoms with E-state index >= 15 is 0 Å². The number of aliphatic hydroxyl groups excluding tert-OH is 3. The van der Waals surface area contributed by atoms with Gasteiger partial charge in [0, 0.05) is 19.3 Å². The normalized spacial score (nSPS) is 34.4. The summed E-state index contributed by atoms with van der Waals surface area (Å²) in [4.78, 5) is 38.0. The molecule has 0 aromatic heterocycles. The molecular formula is C42H77N3O16. The van der Waals surface area contributed by atoms with Crippen LogP contribution in [0.5, 0.6) is 0 Å². The summed E-state index contributed by atoms with van der Waals surface area (Å²) in [5, 5.41) is 34.8. The molecule has 15 atom stereocenters. The molecule has 3 aliphatic rings. The van der Waals surface area contributed by atoms with Crippen LogP contribution in [0, 0.1) is 0 Å². The Morgan fingerprint density at radius 2 is 0.803 bits per heavy atom. The predicted octanol–water partition coefficient (Wildman–Crippen LogP) is 1.59. The van der Waals surface area contributed by atoms with Crippen LogP contribution < -0.4 is 17.2 Å². The Labute approximate surface area is 361 Å². The van der Waals surface area contributed by atoms with Crippen molar-refractivity contribution in [2.45, 2.75) is 230 Å². The van der Waals surface area contributed by atoms with Crippen LogP contribution >= 0.6 is 0 Å². The molecule has 3 fully saturated rings. The fourth-order valence-corrected chi connectivity index (χ4v) is 7.29. The van der Waals surface area contributed by atoms with Crippen molar-refractivity contribution in [1.29, 1.82) is 0 Å². The molecule has 6 unspecified atom stereocenters. The quantitative estimate of drug-likeness (QED) is 0.0409. The minimum Gasteiger partial charge on any atom is -0.463 e. The number of hydrogen-bond acceptors (Lipinski definition) is 19. The summed E-state index contributed by atoms with van der Waals surface area (Å²) < 4.78 is 59.6. The molecule has 0 aliphatic carbocycles. The van der Waals surface area contributed by atoms with E-state index in [0.29, 0.717) is 19.3 Å². The lowest BCUT2D eigenvalue weighted by Gasteiger charge is -2.49. The van der Waals surface area contributed by atoms with Crippen molar-refractivity contribution in [3.05, 3.63) is 0 Å². The molecule has 3 aliphatic heterocycles. The molecule has 9 N–H and O–H groups in total. The Balaban J connectivity index is 1.88. The van der Waals surface area contributed by atoms with E-state index in [0.717, 1.165) is 38.5 Å². The van der Waals surface area contributed by atoms with E-state index in [9.17, 15) is 29.7 Å². The van der Waals surface area contributed by atoms with Gasteiger partial charge >= 0.3 is 17.9 Å². The van der Waals surface area contributed by atoms with E-state index in [1.807, 2.05) is 20.8 Å². The number of carbonyl (C=O) groups is 3. The molecule has 0 aromatic carbocycles. The third-order valence-electron chi connectivity index (χ3n) is 10.8. The molecule has 3 heterocycles. The van der Waals surface area contributed by atoms with Crippen molar-refractivity contribution in [1.82, 2.24) is 0 Å². The Kier molecular flexibility index (Phi) is 23.8. The number of ether oxygens (including phenoxy) is 10. The van der Waals surface area contributed by atoms with Gasteiger partial charge in [0.25, 0.3) is 0 Å². The highest BCUT2D eigenvalue weighted by atomic mass is 16.8. The van der Waals surface area contributed by atoms with Gasteiger partial charge in [0.2, 0.25) is 0 Å². The van der Waals surface area contributed by atoms with E-state index in [-0.39, 0.29) is 44.7 Å². The first kappa shape index (κ1) is 53.2. The highest BCUT2D eigenvalue weighted by Crippen LogP contribution is 2.33. The van der Waals surface area contributed by atoms with E-state index in [4.69, 9.17) is 64.6 Å². The zero-order valence-electron chi connectivity index (χ0n) is 37.3. The van der Waals surface area contributed by atoms with Crippen molar-refractivity contribution in [2.24, 2.45) is 17.2 Å². The van der Waals surface area contributed by atoms with Crippen molar-refractivity contribution in [2.75, 3.05) is 19.8 Å². The molecule has 0 aromatic rings. The van der Waals surface area contributed by atoms with Gasteiger partial charge in [-0.1, -0.05) is 59.3 Å². The lowest BCUT2D eigenvalue weighted by molar-refractivity contribution is -0.352. The standard InChI is InChI=1S/C42H77N3O16/c1-8-11-14-17-28(46)52-20-25-37(55-23(4)5)34(49)32(44)41(58-25)61-39-27(22-54-30(48)19-16-13-10-3)59-42(33(45)36(39)51)60-38-26(21-53-29(47)18-15-12-9-2)57-40(56-24(6)7)31(43)35(38)50/h23-27,31-42,49-51H,8-22,43-45H2,1-7H3/t25?,26?,27?,31?,32?,33?,34-,35-,36-,37-,38-,39-,40+,41-,42-/m0/s1. The minimum absolute atomic E-state index is 0.134. The van der Waals surface area contributed by atoms with Gasteiger partial charge in [-0.05, 0) is 47.0 Å². The van der Waals surface area contributed by atoms with Crippen LogP contribution in [0.3, 0.4) is 0 Å². The second-order valence-corrected chi connectivity index (χ2v) is 16.8. The third kappa shape index (κ3) is 16.8. The maximum absolute atomic E-state index is 12.8. The van der Waals surface area contributed by atoms with Crippen LogP contribution in [0.1, 0.15) is 126 Å². The Morgan fingerprint density at radius 3 is 1.15 bits per heavy atom. The Hall–Kier alpha value is -2.11. The molecule has 61 heavy (non-hydrogen) atoms. The molecule has 19 nitrogen and oxygen atoms in total. The lowest BCUT2D eigenvalue weighted by atomic mass is 9.94. The monoisotopic (exact) mass is 880 g/mol. The molecule has 0 bridgehead atoms. The average Bonchev–Trinajstić information content (AvgIpc) is 3.21. The van der Waals surface area contributed by atoms with Crippen LogP contribution in [-0.4, -0.2) is 157 Å². The fourth-order valence-electron chi connectivity index (χ4n) is 7.29. The number of hydrogen-bond donors (Lipinski definition) is 6. The van der Waals surface area contributed by atoms with Crippen molar-refractivity contribution >= 4 is 17.9 Å². The van der Waals surface area contributed by atoms with Gasteiger partial charge in [0.1, 0.15) is 74.8 Å². The maximum Gasteiger partial charge on any atom is 0.305 e. The molecule has 356 valence electrons. The Bertz CT molecular complexity index is 1280. The first-order valence-corrected chi connectivity index (χ1v) is 22.4. The topological polar surface area (TPSA) is 282 Å². The van der Waals surface area contributed by atoms with Crippen molar-refractivity contribution < 1.29 is 77.1 Å². The van der Waals surface area contributed by atoms with Crippen LogP contribution in [0.25, 0.3) is 0 Å². The highest BCUT2D eigenvalue weighted by molar-refractivity contribution is 5.70. The van der Waals surface area contributed by atoms with Gasteiger partial charge in [0.15, 0.2) is 18.9 Å². The van der Waals surface area contributed by atoms with E-state index < -0.39 is 116 Å². The molecule has 3 saturated heterocycles. The molecule has 0 amide bonds. The smallest absolute Gasteiger partial charge is 0.305 e. The SMILES string of the molecule is CCCCCC(=O)OCC1O[C@@H](O[C@H]2C(COC(=O)CCCCC)O[C@@H](O[C@H]3C(COC(=O)CCCCC)O[C@@H](OC(C)C)C(N)[C@@H]3O)C(N)[C@@H]2O)C(N)[C@H](O)[C@H]1OC(C)C. The number of carbonyl (C=O) groups excluding carboxylic acids is 3. The molecule has 19 heteroatoms. The van der Waals surface area contributed by atoms with E-state index in [2.05, 4.69) is 0 Å². The summed E-state index contributed by atoms with van der Waals surface area (Å²) in [6.07, 6.45) is -8.59. The number of rotatable bonds is 26. The number of esters is 3. The van der Waals surface area contributed by atoms with Gasteiger partial charge in [-0.3, -0.25) is 14.4 Å². The summed E-state index contributed by atoms with van der Waals surface area (Å²) in [6.45, 7) is 12.1. The lowest BCUT2D eigenvalue weighted by Crippen LogP contribution is -2.70. The van der Waals surface area contributed by atoms with Crippen molar-refractivity contribution in [3.8, 4) is 0 Å². The second-order valence-electron chi connectivity index (χ2n) is 16.8. The van der Waals surface area contributed by atoms with Gasteiger partial charge < -0.3 is 79.9 Å². The summed E-state index contributed by atoms with van der Waals surface area (Å²) >= 11 is 0. The van der Waals surface area contributed by atoms with E-state index in [1.165, 1.54) is 0 Å². The molecule has 0 spiro atoms. The highest BCUT2D eigenvalue weighted by Gasteiger charge is 2.54. The van der Waals surface area contributed by atoms with E-state index in [1.54, 1.807) is 27.7 Å². The first-order chi connectivity index (χ1) is 29.0. The number of nitrogens with two attached hydrogens (primary N) is 3. The second kappa shape index (κ2) is 27.3. The van der Waals surface area contributed by atoms with Crippen LogP contribution in [0.4, 0.5) is 0 Å². The zero-order chi connectivity index (χ0) is 45.2. The molecule has 0 radical (unpaired) electrons. The average molecular weight is 880 g/mol. The maximum atomic E-state index is 12.8. The van der Waals surface area contributed by atoms with Gasteiger partial charge in [-0.15, -0.1) is 0 Å². The predicted molar refractivity (Wildman–Crippen MR) is 219 cm³/mol. The summed E-state index contributed by atoms with van der Waals surface area (Å²) in [5.74, 6) is -1.43. The third-order valence-corrected chi connectivity index (χ3v) is 10.8. The summed E-state index contributed by atoms with van der Waals surface area (Å²) in [7, 11) is 0. The zero-order valence-corrected chi connectivity index (χ0v) is 37.3. The number of aliphatic hydroxyl groups is 3. The summed E-state index contributed by atoms with van der Waals surface area (Å²) in [6, 6.07) is -3.74. The largest absolute Gasteiger partial charge is 0.463 e. The molecular weight excluding hydrogens is 802 g/mol. The van der Waals surface area contributed by atoms with Crippen LogP contribution in [0.2, 0.25) is 0 Å². The summed E-state index contributed by atoms with van der Waals surface area (Å²) in [5.41, 5.74) is 19.5. The van der Waals surface area contributed by atoms with Crippen molar-refractivity contribution in [3.63, 3.8) is 0 Å².